The lowest BCUT2D eigenvalue weighted by atomic mass is 10.0. The number of nitrogens with zero attached hydrogens (tertiary/aromatic N) is 4. The Morgan fingerprint density at radius 2 is 1.78 bits per heavy atom. The number of aromatic nitrogens is 4. The van der Waals surface area contributed by atoms with Crippen LogP contribution in [0.5, 0.6) is 5.75 Å². The van der Waals surface area contributed by atoms with Crippen LogP contribution in [0.15, 0.2) is 67.0 Å². The highest BCUT2D eigenvalue weighted by Crippen LogP contribution is 2.33. The molecule has 0 spiro atoms. The molecule has 0 saturated heterocycles. The molecule has 0 fully saturated rings. The highest BCUT2D eigenvalue weighted by molar-refractivity contribution is 5.82. The topological polar surface area (TPSA) is 66.9 Å². The van der Waals surface area contributed by atoms with Crippen LogP contribution in [0, 0.1) is 19.7 Å². The van der Waals surface area contributed by atoms with Crippen LogP contribution in [0.4, 0.5) is 10.2 Å². The first-order valence-electron chi connectivity index (χ1n) is 12.1. The molecule has 3 heterocycles. The lowest BCUT2D eigenvalue weighted by Gasteiger charge is -2.24. The van der Waals surface area contributed by atoms with E-state index in [9.17, 15) is 4.39 Å². The zero-order valence-electron chi connectivity index (χ0n) is 20.3. The summed E-state index contributed by atoms with van der Waals surface area (Å²) in [7, 11) is 0. The second-order valence-electron chi connectivity index (χ2n) is 9.21. The van der Waals surface area contributed by atoms with Gasteiger partial charge in [-0.05, 0) is 66.9 Å². The van der Waals surface area contributed by atoms with Crippen LogP contribution in [-0.4, -0.2) is 33.1 Å². The van der Waals surface area contributed by atoms with Crippen molar-refractivity contribution in [3.05, 3.63) is 101 Å². The van der Waals surface area contributed by atoms with E-state index in [0.29, 0.717) is 26.1 Å². The minimum atomic E-state index is -0.237. The van der Waals surface area contributed by atoms with E-state index in [-0.39, 0.29) is 5.82 Å². The predicted octanol–water partition coefficient (Wildman–Crippen LogP) is 5.77. The molecule has 1 aliphatic rings. The average Bonchev–Trinajstić information content (AvgIpc) is 3.12. The third-order valence-electron chi connectivity index (χ3n) is 6.71. The van der Waals surface area contributed by atoms with E-state index in [1.165, 1.54) is 12.1 Å². The standard InChI is InChI=1S/C29H26FN5O/c1-18-25(13-20-3-7-24(30)8-4-20)29(32-17-31-18)35-11-12-36-28-10-6-21(14-23(28)16-35)22-5-9-26-27(15-22)34-19(2)33-26/h3-10,14-15,17H,11-13,16H2,1-2H3,(H,33,34). The summed E-state index contributed by atoms with van der Waals surface area (Å²) in [5.41, 5.74) is 8.34. The minimum absolute atomic E-state index is 0.237. The summed E-state index contributed by atoms with van der Waals surface area (Å²) in [5.74, 6) is 2.46. The van der Waals surface area contributed by atoms with Gasteiger partial charge in [0.25, 0.3) is 0 Å². The van der Waals surface area contributed by atoms with E-state index >= 15 is 0 Å². The van der Waals surface area contributed by atoms with E-state index < -0.39 is 0 Å². The number of imidazole rings is 1. The summed E-state index contributed by atoms with van der Waals surface area (Å²) in [4.78, 5) is 19.2. The molecule has 3 aromatic carbocycles. The number of benzene rings is 3. The average molecular weight is 480 g/mol. The highest BCUT2D eigenvalue weighted by atomic mass is 19.1. The molecule has 1 N–H and O–H groups in total. The summed E-state index contributed by atoms with van der Waals surface area (Å²) in [6.07, 6.45) is 2.25. The van der Waals surface area contributed by atoms with Gasteiger partial charge < -0.3 is 14.6 Å². The van der Waals surface area contributed by atoms with Crippen molar-refractivity contribution in [2.75, 3.05) is 18.1 Å². The molecular weight excluding hydrogens is 453 g/mol. The van der Waals surface area contributed by atoms with E-state index in [1.807, 2.05) is 32.0 Å². The van der Waals surface area contributed by atoms with Crippen LogP contribution in [0.3, 0.4) is 0 Å². The Morgan fingerprint density at radius 1 is 0.972 bits per heavy atom. The number of aryl methyl sites for hydroxylation is 2. The van der Waals surface area contributed by atoms with Gasteiger partial charge in [-0.2, -0.15) is 0 Å². The van der Waals surface area contributed by atoms with Crippen LogP contribution in [0.25, 0.3) is 22.2 Å². The Balaban J connectivity index is 1.34. The van der Waals surface area contributed by atoms with Crippen molar-refractivity contribution < 1.29 is 9.13 Å². The molecule has 0 atom stereocenters. The van der Waals surface area contributed by atoms with Crippen LogP contribution in [-0.2, 0) is 13.0 Å². The molecule has 7 heteroatoms. The molecule has 36 heavy (non-hydrogen) atoms. The molecule has 6 rings (SSSR count). The molecule has 0 amide bonds. The number of H-pyrrole nitrogens is 1. The second-order valence-corrected chi connectivity index (χ2v) is 9.21. The fourth-order valence-electron chi connectivity index (χ4n) is 4.85. The van der Waals surface area contributed by atoms with Crippen LogP contribution in [0.2, 0.25) is 0 Å². The zero-order valence-corrected chi connectivity index (χ0v) is 20.3. The van der Waals surface area contributed by atoms with Crippen molar-refractivity contribution in [1.29, 1.82) is 0 Å². The zero-order chi connectivity index (χ0) is 24.6. The van der Waals surface area contributed by atoms with Crippen molar-refractivity contribution in [3.63, 3.8) is 0 Å². The predicted molar refractivity (Wildman–Crippen MR) is 139 cm³/mol. The van der Waals surface area contributed by atoms with Crippen molar-refractivity contribution >= 4 is 16.9 Å². The molecule has 0 radical (unpaired) electrons. The molecule has 0 unspecified atom stereocenters. The third kappa shape index (κ3) is 4.28. The van der Waals surface area contributed by atoms with E-state index in [4.69, 9.17) is 4.74 Å². The Bertz CT molecular complexity index is 1560. The van der Waals surface area contributed by atoms with Gasteiger partial charge in [-0.25, -0.2) is 19.3 Å². The summed E-state index contributed by atoms with van der Waals surface area (Å²) < 4.78 is 19.6. The maximum absolute atomic E-state index is 13.4. The Hall–Kier alpha value is -4.26. The van der Waals surface area contributed by atoms with Gasteiger partial charge in [0.1, 0.15) is 36.1 Å². The van der Waals surface area contributed by atoms with Gasteiger partial charge in [0.2, 0.25) is 0 Å². The molecule has 2 aromatic heterocycles. The number of ether oxygens (including phenoxy) is 1. The van der Waals surface area contributed by atoms with Crippen LogP contribution < -0.4 is 9.64 Å². The monoisotopic (exact) mass is 479 g/mol. The van der Waals surface area contributed by atoms with Crippen molar-refractivity contribution in [1.82, 2.24) is 19.9 Å². The number of anilines is 1. The number of hydrogen-bond donors (Lipinski definition) is 1. The van der Waals surface area contributed by atoms with Crippen molar-refractivity contribution in [3.8, 4) is 16.9 Å². The van der Waals surface area contributed by atoms with Crippen LogP contribution >= 0.6 is 0 Å². The fourth-order valence-corrected chi connectivity index (χ4v) is 4.85. The van der Waals surface area contributed by atoms with Gasteiger partial charge in [-0.1, -0.05) is 24.3 Å². The molecule has 180 valence electrons. The van der Waals surface area contributed by atoms with Crippen molar-refractivity contribution in [2.24, 2.45) is 0 Å². The Labute approximate surface area is 208 Å². The highest BCUT2D eigenvalue weighted by Gasteiger charge is 2.21. The summed E-state index contributed by atoms with van der Waals surface area (Å²) in [6.45, 7) is 5.90. The first-order valence-corrected chi connectivity index (χ1v) is 12.1. The first kappa shape index (κ1) is 22.2. The van der Waals surface area contributed by atoms with E-state index in [1.54, 1.807) is 6.33 Å². The molecule has 0 aliphatic carbocycles. The van der Waals surface area contributed by atoms with Gasteiger partial charge in [0.15, 0.2) is 0 Å². The van der Waals surface area contributed by atoms with Crippen molar-refractivity contribution in [2.45, 2.75) is 26.8 Å². The number of fused-ring (bicyclic) bond motifs is 2. The maximum atomic E-state index is 13.4. The maximum Gasteiger partial charge on any atom is 0.136 e. The molecule has 1 aliphatic heterocycles. The number of nitrogens with one attached hydrogen (secondary N) is 1. The number of rotatable bonds is 4. The first-order chi connectivity index (χ1) is 17.5. The minimum Gasteiger partial charge on any atom is -0.491 e. The lowest BCUT2D eigenvalue weighted by Crippen LogP contribution is -2.28. The van der Waals surface area contributed by atoms with Gasteiger partial charge in [0.05, 0.1) is 17.6 Å². The smallest absolute Gasteiger partial charge is 0.136 e. The fraction of sp³-hybridized carbons (Fsp3) is 0.207. The third-order valence-corrected chi connectivity index (χ3v) is 6.71. The Morgan fingerprint density at radius 3 is 2.64 bits per heavy atom. The van der Waals surface area contributed by atoms with E-state index in [2.05, 4.69) is 55.2 Å². The van der Waals surface area contributed by atoms with Gasteiger partial charge in [-0.3, -0.25) is 0 Å². The number of halogens is 1. The molecule has 0 bridgehead atoms. The van der Waals surface area contributed by atoms with Gasteiger partial charge in [-0.15, -0.1) is 0 Å². The lowest BCUT2D eigenvalue weighted by molar-refractivity contribution is 0.331. The molecule has 6 nitrogen and oxygen atoms in total. The van der Waals surface area contributed by atoms with E-state index in [0.717, 1.165) is 61.9 Å². The summed E-state index contributed by atoms with van der Waals surface area (Å²) >= 11 is 0. The quantitative estimate of drug-likeness (QED) is 0.355. The largest absolute Gasteiger partial charge is 0.491 e. The SMILES string of the molecule is Cc1nc2ccc(-c3ccc4c(c3)CN(c3ncnc(C)c3Cc3ccc(F)cc3)CCO4)cc2[nH]1. The number of hydrogen-bond acceptors (Lipinski definition) is 5. The second kappa shape index (κ2) is 9.07. The van der Waals surface area contributed by atoms with Gasteiger partial charge in [0, 0.05) is 29.8 Å². The summed E-state index contributed by atoms with van der Waals surface area (Å²) in [5, 5.41) is 0. The van der Waals surface area contributed by atoms with Gasteiger partial charge >= 0.3 is 0 Å². The molecule has 0 saturated carbocycles. The normalized spacial score (nSPS) is 13.4. The number of aromatic amines is 1. The summed E-state index contributed by atoms with van der Waals surface area (Å²) in [6, 6.07) is 19.3. The Kier molecular flexibility index (Phi) is 5.60. The van der Waals surface area contributed by atoms with Crippen LogP contribution in [0.1, 0.15) is 28.2 Å². The molecule has 5 aromatic rings. The molecular formula is C29H26FN5O.